The summed E-state index contributed by atoms with van der Waals surface area (Å²) in [4.78, 5) is 21.9. The fraction of sp³-hybridized carbons (Fsp3) is 0.583. The third kappa shape index (κ3) is 3.87. The van der Waals surface area contributed by atoms with E-state index in [1.165, 1.54) is 0 Å². The van der Waals surface area contributed by atoms with E-state index in [1.807, 2.05) is 25.8 Å². The molecule has 0 saturated carbocycles. The first-order chi connectivity index (χ1) is 8.58. The molecule has 6 nitrogen and oxygen atoms in total. The van der Waals surface area contributed by atoms with Crippen molar-refractivity contribution in [3.05, 3.63) is 12.4 Å². The van der Waals surface area contributed by atoms with E-state index in [9.17, 15) is 4.79 Å². The minimum Gasteiger partial charge on any atom is -0.369 e. The van der Waals surface area contributed by atoms with Gasteiger partial charge in [0.25, 0.3) is 0 Å². The number of carbonyl (C=O) groups excluding carboxylic acids is 1. The molecule has 0 radical (unpaired) electrons. The molecular formula is C12H21N5O. The number of carbonyl (C=O) groups is 1. The molecule has 1 aromatic heterocycles. The lowest BCUT2D eigenvalue weighted by atomic mass is 10.1. The van der Waals surface area contributed by atoms with Gasteiger partial charge in [-0.15, -0.1) is 0 Å². The van der Waals surface area contributed by atoms with Crippen molar-refractivity contribution in [1.29, 1.82) is 0 Å². The number of hydrogen-bond donors (Lipinski definition) is 2. The Hall–Kier alpha value is -1.85. The van der Waals surface area contributed by atoms with E-state index in [1.54, 1.807) is 19.4 Å². The monoisotopic (exact) mass is 251 g/mol. The first kappa shape index (κ1) is 14.2. The maximum Gasteiger partial charge on any atom is 0.224 e. The van der Waals surface area contributed by atoms with Crippen molar-refractivity contribution in [3.8, 4) is 0 Å². The van der Waals surface area contributed by atoms with Crippen molar-refractivity contribution < 1.29 is 4.79 Å². The Morgan fingerprint density at radius 2 is 2.22 bits per heavy atom. The van der Waals surface area contributed by atoms with Crippen LogP contribution in [0.2, 0.25) is 0 Å². The number of aromatic nitrogens is 2. The molecule has 0 aliphatic carbocycles. The average molecular weight is 251 g/mol. The van der Waals surface area contributed by atoms with E-state index in [0.717, 1.165) is 18.2 Å². The van der Waals surface area contributed by atoms with E-state index in [0.29, 0.717) is 6.54 Å². The van der Waals surface area contributed by atoms with Gasteiger partial charge in [0.15, 0.2) is 0 Å². The van der Waals surface area contributed by atoms with Gasteiger partial charge < -0.3 is 15.5 Å². The van der Waals surface area contributed by atoms with Gasteiger partial charge in [-0.3, -0.25) is 9.78 Å². The van der Waals surface area contributed by atoms with Gasteiger partial charge in [-0.05, 0) is 6.92 Å². The molecule has 2 N–H and O–H groups in total. The largest absolute Gasteiger partial charge is 0.369 e. The summed E-state index contributed by atoms with van der Waals surface area (Å²) in [5, 5.41) is 5.75. The molecule has 0 spiro atoms. The molecule has 1 unspecified atom stereocenters. The summed E-state index contributed by atoms with van der Waals surface area (Å²) in [7, 11) is 3.55. The second-order valence-corrected chi connectivity index (χ2v) is 4.19. The highest BCUT2D eigenvalue weighted by Crippen LogP contribution is 2.12. The summed E-state index contributed by atoms with van der Waals surface area (Å²) in [5.74, 6) is 1.43. The Bertz CT molecular complexity index is 396. The van der Waals surface area contributed by atoms with Crippen LogP contribution in [0.1, 0.15) is 13.8 Å². The number of anilines is 2. The molecule has 1 heterocycles. The fourth-order valence-corrected chi connectivity index (χ4v) is 1.64. The van der Waals surface area contributed by atoms with Gasteiger partial charge in [-0.25, -0.2) is 4.98 Å². The number of rotatable bonds is 6. The van der Waals surface area contributed by atoms with Gasteiger partial charge in [0.1, 0.15) is 11.6 Å². The summed E-state index contributed by atoms with van der Waals surface area (Å²) in [5.41, 5.74) is 0. The molecule has 1 amide bonds. The smallest absolute Gasteiger partial charge is 0.224 e. The van der Waals surface area contributed by atoms with Crippen molar-refractivity contribution in [2.24, 2.45) is 5.92 Å². The normalized spacial score (nSPS) is 11.8. The molecule has 0 aromatic carbocycles. The van der Waals surface area contributed by atoms with E-state index < -0.39 is 0 Å². The SMILES string of the molecule is CCNc1cncc(N(C)CC(C)C(=O)NC)n1. The maximum absolute atomic E-state index is 11.5. The van der Waals surface area contributed by atoms with Crippen LogP contribution in [0.25, 0.3) is 0 Å². The quantitative estimate of drug-likeness (QED) is 0.780. The highest BCUT2D eigenvalue weighted by atomic mass is 16.1. The third-order valence-electron chi connectivity index (χ3n) is 2.61. The minimum atomic E-state index is -0.0930. The van der Waals surface area contributed by atoms with E-state index in [-0.39, 0.29) is 11.8 Å². The molecule has 1 rings (SSSR count). The lowest BCUT2D eigenvalue weighted by molar-refractivity contribution is -0.123. The summed E-state index contributed by atoms with van der Waals surface area (Å²) in [6.07, 6.45) is 3.38. The van der Waals surface area contributed by atoms with Gasteiger partial charge in [-0.1, -0.05) is 6.92 Å². The third-order valence-corrected chi connectivity index (χ3v) is 2.61. The van der Waals surface area contributed by atoms with E-state index >= 15 is 0 Å². The van der Waals surface area contributed by atoms with E-state index in [2.05, 4.69) is 20.6 Å². The number of nitrogens with zero attached hydrogens (tertiary/aromatic N) is 3. The Morgan fingerprint density at radius 3 is 2.83 bits per heavy atom. The predicted molar refractivity (Wildman–Crippen MR) is 72.7 cm³/mol. The van der Waals surface area contributed by atoms with Crippen molar-refractivity contribution in [1.82, 2.24) is 15.3 Å². The Labute approximate surface area is 108 Å². The average Bonchev–Trinajstić information content (AvgIpc) is 2.38. The minimum absolute atomic E-state index is 0.0256. The first-order valence-corrected chi connectivity index (χ1v) is 6.07. The van der Waals surface area contributed by atoms with Gasteiger partial charge in [-0.2, -0.15) is 0 Å². The molecule has 0 aliphatic rings. The van der Waals surface area contributed by atoms with Crippen molar-refractivity contribution in [2.45, 2.75) is 13.8 Å². The summed E-state index contributed by atoms with van der Waals surface area (Å²) < 4.78 is 0. The lowest BCUT2D eigenvalue weighted by Gasteiger charge is -2.21. The number of amides is 1. The lowest BCUT2D eigenvalue weighted by Crippen LogP contribution is -2.34. The van der Waals surface area contributed by atoms with Crippen LogP contribution in [0.5, 0.6) is 0 Å². The maximum atomic E-state index is 11.5. The van der Waals surface area contributed by atoms with Crippen LogP contribution in [-0.4, -0.2) is 43.1 Å². The summed E-state index contributed by atoms with van der Waals surface area (Å²) in [6, 6.07) is 0. The van der Waals surface area contributed by atoms with Gasteiger partial charge in [0, 0.05) is 27.2 Å². The molecule has 0 saturated heterocycles. The first-order valence-electron chi connectivity index (χ1n) is 6.07. The summed E-state index contributed by atoms with van der Waals surface area (Å²) >= 11 is 0. The van der Waals surface area contributed by atoms with Crippen LogP contribution < -0.4 is 15.5 Å². The molecule has 0 fully saturated rings. The molecular weight excluding hydrogens is 230 g/mol. The Kier molecular flexibility index (Phi) is 5.35. The molecule has 0 aliphatic heterocycles. The van der Waals surface area contributed by atoms with Gasteiger partial charge in [0.05, 0.1) is 18.3 Å². The van der Waals surface area contributed by atoms with Crippen LogP contribution in [0.4, 0.5) is 11.6 Å². The van der Waals surface area contributed by atoms with E-state index in [4.69, 9.17) is 0 Å². The van der Waals surface area contributed by atoms with Gasteiger partial charge in [0.2, 0.25) is 5.91 Å². The van der Waals surface area contributed by atoms with Gasteiger partial charge >= 0.3 is 0 Å². The van der Waals surface area contributed by atoms with Crippen LogP contribution in [-0.2, 0) is 4.79 Å². The second kappa shape index (κ2) is 6.78. The second-order valence-electron chi connectivity index (χ2n) is 4.19. The zero-order chi connectivity index (χ0) is 13.5. The highest BCUT2D eigenvalue weighted by molar-refractivity contribution is 5.78. The molecule has 1 atom stereocenters. The number of nitrogens with one attached hydrogen (secondary N) is 2. The molecule has 0 bridgehead atoms. The number of hydrogen-bond acceptors (Lipinski definition) is 5. The van der Waals surface area contributed by atoms with Crippen molar-refractivity contribution >= 4 is 17.5 Å². The van der Waals surface area contributed by atoms with Crippen LogP contribution in [0.15, 0.2) is 12.4 Å². The molecule has 18 heavy (non-hydrogen) atoms. The summed E-state index contributed by atoms with van der Waals surface area (Å²) in [6.45, 7) is 5.29. The molecule has 100 valence electrons. The van der Waals surface area contributed by atoms with Crippen LogP contribution >= 0.6 is 0 Å². The van der Waals surface area contributed by atoms with Crippen LogP contribution in [0.3, 0.4) is 0 Å². The molecule has 1 aromatic rings. The topological polar surface area (TPSA) is 70.2 Å². The fourth-order valence-electron chi connectivity index (χ4n) is 1.64. The molecule has 6 heteroatoms. The predicted octanol–water partition coefficient (Wildman–Crippen LogP) is 0.727. The van der Waals surface area contributed by atoms with Crippen molar-refractivity contribution in [2.75, 3.05) is 37.4 Å². The Balaban J connectivity index is 2.68. The zero-order valence-electron chi connectivity index (χ0n) is 11.4. The standard InChI is InChI=1S/C12H21N5O/c1-5-15-10-6-14-7-11(16-10)17(4)8-9(2)12(18)13-3/h6-7,9H,5,8H2,1-4H3,(H,13,18)(H,15,16). The van der Waals surface area contributed by atoms with Crippen molar-refractivity contribution in [3.63, 3.8) is 0 Å². The van der Waals surface area contributed by atoms with Crippen LogP contribution in [0, 0.1) is 5.92 Å². The zero-order valence-corrected chi connectivity index (χ0v) is 11.4. The Morgan fingerprint density at radius 1 is 1.50 bits per heavy atom. The highest BCUT2D eigenvalue weighted by Gasteiger charge is 2.14.